The zero-order valence-electron chi connectivity index (χ0n) is 16.0. The average Bonchev–Trinajstić information content (AvgIpc) is 2.75. The van der Waals surface area contributed by atoms with E-state index in [-0.39, 0.29) is 5.91 Å². The molecule has 1 aliphatic rings. The number of amides is 1. The van der Waals surface area contributed by atoms with Gasteiger partial charge in [0.25, 0.3) is 5.91 Å². The molecular weight excluding hydrogens is 378 g/mol. The van der Waals surface area contributed by atoms with Gasteiger partial charge in [0.15, 0.2) is 0 Å². The summed E-state index contributed by atoms with van der Waals surface area (Å²) in [6, 6.07) is 11.7. The Kier molecular flexibility index (Phi) is 8.11. The summed E-state index contributed by atoms with van der Waals surface area (Å²) < 4.78 is 5.18. The highest BCUT2D eigenvalue weighted by Crippen LogP contribution is 2.15. The Morgan fingerprint density at radius 3 is 1.97 bits per heavy atom. The molecule has 0 saturated carbocycles. The number of rotatable bonds is 4. The topological polar surface area (TPSA) is 120 Å². The Balaban J connectivity index is 0.000000438. The van der Waals surface area contributed by atoms with Crippen molar-refractivity contribution in [2.45, 2.75) is 6.54 Å². The lowest BCUT2D eigenvalue weighted by Crippen LogP contribution is -2.48. The molecule has 2 N–H and O–H groups in total. The number of aliphatic carboxylic acids is 2. The minimum absolute atomic E-state index is 0.0940. The summed E-state index contributed by atoms with van der Waals surface area (Å²) in [5.74, 6) is -2.68. The molecule has 1 aromatic carbocycles. The maximum Gasteiger partial charge on any atom is 0.414 e. The van der Waals surface area contributed by atoms with Gasteiger partial charge in [-0.3, -0.25) is 14.7 Å². The lowest BCUT2D eigenvalue weighted by atomic mass is 10.1. The molecule has 1 aliphatic heterocycles. The summed E-state index contributed by atoms with van der Waals surface area (Å²) in [7, 11) is 1.67. The highest BCUT2D eigenvalue weighted by Gasteiger charge is 2.22. The van der Waals surface area contributed by atoms with Gasteiger partial charge in [-0.1, -0.05) is 12.1 Å². The number of methoxy groups -OCH3 is 1. The number of carboxylic acid groups (broad SMARTS) is 2. The number of pyridine rings is 1. The van der Waals surface area contributed by atoms with Gasteiger partial charge >= 0.3 is 11.9 Å². The van der Waals surface area contributed by atoms with Crippen molar-refractivity contribution in [2.24, 2.45) is 0 Å². The van der Waals surface area contributed by atoms with Crippen molar-refractivity contribution in [3.05, 3.63) is 59.9 Å². The van der Waals surface area contributed by atoms with Crippen molar-refractivity contribution in [1.29, 1.82) is 0 Å². The Bertz CT molecular complexity index is 806. The van der Waals surface area contributed by atoms with Crippen LogP contribution in [0.2, 0.25) is 0 Å². The van der Waals surface area contributed by atoms with E-state index in [0.29, 0.717) is 5.56 Å². The Hall–Kier alpha value is -3.46. The first-order valence-electron chi connectivity index (χ1n) is 8.91. The Labute approximate surface area is 168 Å². The van der Waals surface area contributed by atoms with Gasteiger partial charge in [0.2, 0.25) is 0 Å². The smallest absolute Gasteiger partial charge is 0.414 e. The van der Waals surface area contributed by atoms with Crippen molar-refractivity contribution in [1.82, 2.24) is 14.8 Å². The molecule has 1 aromatic heterocycles. The summed E-state index contributed by atoms with van der Waals surface area (Å²) >= 11 is 0. The molecule has 2 heterocycles. The summed E-state index contributed by atoms with van der Waals surface area (Å²) in [6.45, 7) is 4.21. The number of hydrogen-bond donors (Lipinski definition) is 2. The van der Waals surface area contributed by atoms with Gasteiger partial charge in [-0.25, -0.2) is 9.59 Å². The third-order valence-electron chi connectivity index (χ3n) is 4.33. The first-order chi connectivity index (χ1) is 13.9. The number of nitrogens with zero attached hydrogens (tertiary/aromatic N) is 3. The number of ether oxygens (including phenoxy) is 1. The molecule has 1 saturated heterocycles. The second-order valence-electron chi connectivity index (χ2n) is 6.26. The molecule has 2 aromatic rings. The van der Waals surface area contributed by atoms with Gasteiger partial charge in [-0.15, -0.1) is 0 Å². The monoisotopic (exact) mass is 401 g/mol. The van der Waals surface area contributed by atoms with Crippen LogP contribution in [0.1, 0.15) is 15.9 Å². The molecule has 1 fully saturated rings. The van der Waals surface area contributed by atoms with Crippen LogP contribution in [0.15, 0.2) is 48.8 Å². The van der Waals surface area contributed by atoms with E-state index in [4.69, 9.17) is 24.5 Å². The fourth-order valence-corrected chi connectivity index (χ4v) is 2.78. The van der Waals surface area contributed by atoms with Crippen molar-refractivity contribution in [3.63, 3.8) is 0 Å². The van der Waals surface area contributed by atoms with E-state index in [1.165, 1.54) is 5.56 Å². The summed E-state index contributed by atoms with van der Waals surface area (Å²) in [4.78, 5) is 38.8. The lowest BCUT2D eigenvalue weighted by molar-refractivity contribution is -0.159. The van der Waals surface area contributed by atoms with Crippen LogP contribution in [0.25, 0.3) is 0 Å². The molecule has 0 radical (unpaired) electrons. The van der Waals surface area contributed by atoms with Gasteiger partial charge in [0.05, 0.1) is 7.11 Å². The van der Waals surface area contributed by atoms with Crippen LogP contribution in [0.4, 0.5) is 0 Å². The summed E-state index contributed by atoms with van der Waals surface area (Å²) in [5.41, 5.74) is 1.98. The molecule has 0 spiro atoms. The number of carbonyl (C=O) groups is 3. The van der Waals surface area contributed by atoms with Gasteiger partial charge in [0.1, 0.15) is 5.75 Å². The third-order valence-corrected chi connectivity index (χ3v) is 4.33. The fourth-order valence-electron chi connectivity index (χ4n) is 2.78. The molecule has 1 amide bonds. The molecular formula is C20H23N3O6. The van der Waals surface area contributed by atoms with Crippen LogP contribution in [0, 0.1) is 0 Å². The zero-order valence-corrected chi connectivity index (χ0v) is 16.0. The van der Waals surface area contributed by atoms with Crippen molar-refractivity contribution in [2.75, 3.05) is 33.3 Å². The van der Waals surface area contributed by atoms with Gasteiger partial charge in [0, 0.05) is 50.7 Å². The van der Waals surface area contributed by atoms with Crippen molar-refractivity contribution >= 4 is 17.8 Å². The summed E-state index contributed by atoms with van der Waals surface area (Å²) in [5, 5.41) is 14.8. The van der Waals surface area contributed by atoms with E-state index in [1.807, 2.05) is 17.0 Å². The first-order valence-corrected chi connectivity index (χ1v) is 8.91. The molecule has 3 rings (SSSR count). The number of piperazine rings is 1. The third kappa shape index (κ3) is 6.89. The maximum atomic E-state index is 12.4. The number of carbonyl (C=O) groups excluding carboxylic acids is 1. The number of carboxylic acids is 2. The van der Waals surface area contributed by atoms with Crippen LogP contribution >= 0.6 is 0 Å². The van der Waals surface area contributed by atoms with Crippen LogP contribution < -0.4 is 4.74 Å². The van der Waals surface area contributed by atoms with Gasteiger partial charge in [-0.05, 0) is 29.8 Å². The number of hydrogen-bond acceptors (Lipinski definition) is 6. The van der Waals surface area contributed by atoms with E-state index in [1.54, 1.807) is 31.6 Å². The van der Waals surface area contributed by atoms with E-state index in [9.17, 15) is 4.79 Å². The van der Waals surface area contributed by atoms with Crippen LogP contribution in [-0.4, -0.2) is 76.1 Å². The molecule has 154 valence electrons. The van der Waals surface area contributed by atoms with Crippen LogP contribution in [0.5, 0.6) is 5.75 Å². The number of aromatic nitrogens is 1. The molecule has 9 nitrogen and oxygen atoms in total. The molecule has 0 unspecified atom stereocenters. The quantitative estimate of drug-likeness (QED) is 0.734. The molecule has 0 bridgehead atoms. The highest BCUT2D eigenvalue weighted by molar-refractivity contribution is 6.27. The predicted molar refractivity (Wildman–Crippen MR) is 104 cm³/mol. The fraction of sp³-hybridized carbons (Fsp3) is 0.300. The number of benzene rings is 1. The zero-order chi connectivity index (χ0) is 21.2. The summed E-state index contributed by atoms with van der Waals surface area (Å²) in [6.07, 6.45) is 3.32. The lowest BCUT2D eigenvalue weighted by Gasteiger charge is -2.34. The van der Waals surface area contributed by atoms with Gasteiger partial charge < -0.3 is 19.8 Å². The van der Waals surface area contributed by atoms with E-state index in [2.05, 4.69) is 22.0 Å². The highest BCUT2D eigenvalue weighted by atomic mass is 16.5. The molecule has 9 heteroatoms. The largest absolute Gasteiger partial charge is 0.497 e. The second kappa shape index (κ2) is 10.8. The predicted octanol–water partition coefficient (Wildman–Crippen LogP) is 1.20. The van der Waals surface area contributed by atoms with Crippen molar-refractivity contribution < 1.29 is 29.3 Å². The first kappa shape index (κ1) is 21.8. The van der Waals surface area contributed by atoms with E-state index in [0.717, 1.165) is 38.5 Å². The molecule has 29 heavy (non-hydrogen) atoms. The Morgan fingerprint density at radius 2 is 1.48 bits per heavy atom. The minimum Gasteiger partial charge on any atom is -0.497 e. The van der Waals surface area contributed by atoms with E-state index >= 15 is 0 Å². The minimum atomic E-state index is -1.82. The average molecular weight is 401 g/mol. The SMILES string of the molecule is COc1ccc(CN2CCN(C(=O)c3ccncc3)CC2)cc1.O=C(O)C(=O)O. The maximum absolute atomic E-state index is 12.4. The Morgan fingerprint density at radius 1 is 0.931 bits per heavy atom. The van der Waals surface area contributed by atoms with Gasteiger partial charge in [-0.2, -0.15) is 0 Å². The standard InChI is InChI=1S/C18H21N3O2.C2H2O4/c1-23-17-4-2-15(3-5-17)14-20-10-12-21(13-11-20)18(22)16-6-8-19-9-7-16;3-1(4)2(5)6/h2-9H,10-14H2,1H3;(H,3,4)(H,5,6). The van der Waals surface area contributed by atoms with Crippen molar-refractivity contribution in [3.8, 4) is 5.75 Å². The van der Waals surface area contributed by atoms with Crippen LogP contribution in [-0.2, 0) is 16.1 Å². The second-order valence-corrected chi connectivity index (χ2v) is 6.26. The van der Waals surface area contributed by atoms with E-state index < -0.39 is 11.9 Å². The molecule has 0 atom stereocenters. The van der Waals surface area contributed by atoms with Crippen LogP contribution in [0.3, 0.4) is 0 Å². The molecule has 0 aliphatic carbocycles. The normalized spacial score (nSPS) is 13.8.